The number of anilines is 1. The zero-order valence-electron chi connectivity index (χ0n) is 14.5. The number of rotatable bonds is 4. The van der Waals surface area contributed by atoms with Gasteiger partial charge in [-0.15, -0.1) is 0 Å². The summed E-state index contributed by atoms with van der Waals surface area (Å²) in [6.07, 6.45) is 0. The molecule has 1 aliphatic heterocycles. The third kappa shape index (κ3) is 3.49. The van der Waals surface area contributed by atoms with Gasteiger partial charge in [0.2, 0.25) is 5.91 Å². The second-order valence-electron chi connectivity index (χ2n) is 6.24. The SMILES string of the molecule is Cc1nn(-c2ccccc2)c(C)c1NC(=O)CN1CCOC[C@H]1C. The van der Waals surface area contributed by atoms with Crippen molar-refractivity contribution >= 4 is 11.6 Å². The van der Waals surface area contributed by atoms with E-state index in [2.05, 4.69) is 22.2 Å². The number of nitrogens with zero attached hydrogens (tertiary/aromatic N) is 3. The van der Waals surface area contributed by atoms with E-state index in [-0.39, 0.29) is 11.9 Å². The monoisotopic (exact) mass is 328 g/mol. The largest absolute Gasteiger partial charge is 0.379 e. The number of hydrogen-bond acceptors (Lipinski definition) is 4. The maximum absolute atomic E-state index is 12.4. The molecule has 0 radical (unpaired) electrons. The lowest BCUT2D eigenvalue weighted by molar-refractivity contribution is -0.119. The van der Waals surface area contributed by atoms with Gasteiger partial charge >= 0.3 is 0 Å². The lowest BCUT2D eigenvalue weighted by Gasteiger charge is -2.32. The topological polar surface area (TPSA) is 59.4 Å². The van der Waals surface area contributed by atoms with E-state index in [1.165, 1.54) is 0 Å². The summed E-state index contributed by atoms with van der Waals surface area (Å²) in [4.78, 5) is 14.6. The Hall–Kier alpha value is -2.18. The van der Waals surface area contributed by atoms with Crippen LogP contribution >= 0.6 is 0 Å². The molecule has 24 heavy (non-hydrogen) atoms. The van der Waals surface area contributed by atoms with Gasteiger partial charge < -0.3 is 10.1 Å². The Bertz CT molecular complexity index is 711. The number of ether oxygens (including phenoxy) is 1. The molecule has 6 nitrogen and oxygen atoms in total. The molecular weight excluding hydrogens is 304 g/mol. The molecular formula is C18H24N4O2. The van der Waals surface area contributed by atoms with Crippen molar-refractivity contribution in [2.24, 2.45) is 0 Å². The fourth-order valence-corrected chi connectivity index (χ4v) is 3.00. The van der Waals surface area contributed by atoms with Gasteiger partial charge in [0.05, 0.1) is 42.5 Å². The summed E-state index contributed by atoms with van der Waals surface area (Å²) < 4.78 is 7.28. The summed E-state index contributed by atoms with van der Waals surface area (Å²) in [6, 6.07) is 10.2. The third-order valence-electron chi connectivity index (χ3n) is 4.41. The highest BCUT2D eigenvalue weighted by Crippen LogP contribution is 2.22. The predicted molar refractivity (Wildman–Crippen MR) is 93.5 cm³/mol. The second-order valence-corrected chi connectivity index (χ2v) is 6.24. The molecule has 1 saturated heterocycles. The first kappa shape index (κ1) is 16.7. The van der Waals surface area contributed by atoms with Crippen molar-refractivity contribution in [2.45, 2.75) is 26.8 Å². The first-order valence-corrected chi connectivity index (χ1v) is 8.29. The zero-order valence-corrected chi connectivity index (χ0v) is 14.5. The molecule has 0 bridgehead atoms. The van der Waals surface area contributed by atoms with Crippen LogP contribution in [-0.4, -0.2) is 52.9 Å². The van der Waals surface area contributed by atoms with Crippen molar-refractivity contribution in [3.05, 3.63) is 41.7 Å². The number of amides is 1. The van der Waals surface area contributed by atoms with Gasteiger partial charge in [-0.05, 0) is 32.9 Å². The molecule has 2 heterocycles. The molecule has 128 valence electrons. The van der Waals surface area contributed by atoms with E-state index >= 15 is 0 Å². The molecule has 1 atom stereocenters. The van der Waals surface area contributed by atoms with Crippen LogP contribution in [0.25, 0.3) is 5.69 Å². The van der Waals surface area contributed by atoms with Crippen LogP contribution in [0.15, 0.2) is 30.3 Å². The Balaban J connectivity index is 1.73. The van der Waals surface area contributed by atoms with Crippen LogP contribution in [0, 0.1) is 13.8 Å². The van der Waals surface area contributed by atoms with Crippen molar-refractivity contribution in [3.63, 3.8) is 0 Å². The van der Waals surface area contributed by atoms with Crippen LogP contribution in [0.2, 0.25) is 0 Å². The highest BCUT2D eigenvalue weighted by atomic mass is 16.5. The molecule has 2 aromatic rings. The summed E-state index contributed by atoms with van der Waals surface area (Å²) in [7, 11) is 0. The summed E-state index contributed by atoms with van der Waals surface area (Å²) in [5.41, 5.74) is 3.53. The summed E-state index contributed by atoms with van der Waals surface area (Å²) in [6.45, 7) is 8.49. The van der Waals surface area contributed by atoms with Gasteiger partial charge in [0.1, 0.15) is 0 Å². The average molecular weight is 328 g/mol. The Labute approximate surface area is 142 Å². The average Bonchev–Trinajstić information content (AvgIpc) is 2.86. The zero-order chi connectivity index (χ0) is 17.1. The molecule has 1 N–H and O–H groups in total. The van der Waals surface area contributed by atoms with Crippen LogP contribution in [-0.2, 0) is 9.53 Å². The quantitative estimate of drug-likeness (QED) is 0.934. The van der Waals surface area contributed by atoms with Crippen molar-refractivity contribution in [1.82, 2.24) is 14.7 Å². The fourth-order valence-electron chi connectivity index (χ4n) is 3.00. The van der Waals surface area contributed by atoms with E-state index < -0.39 is 0 Å². The normalized spacial score (nSPS) is 18.5. The van der Waals surface area contributed by atoms with Gasteiger partial charge in [0.15, 0.2) is 0 Å². The fraction of sp³-hybridized carbons (Fsp3) is 0.444. The second kappa shape index (κ2) is 7.15. The number of morpholine rings is 1. The Morgan fingerprint density at radius 1 is 1.33 bits per heavy atom. The van der Waals surface area contributed by atoms with Crippen molar-refractivity contribution < 1.29 is 9.53 Å². The molecule has 1 aromatic carbocycles. The van der Waals surface area contributed by atoms with Crippen LogP contribution < -0.4 is 5.32 Å². The molecule has 3 rings (SSSR count). The third-order valence-corrected chi connectivity index (χ3v) is 4.41. The van der Waals surface area contributed by atoms with Crippen LogP contribution in [0.1, 0.15) is 18.3 Å². The van der Waals surface area contributed by atoms with Gasteiger partial charge in [-0.3, -0.25) is 9.69 Å². The highest BCUT2D eigenvalue weighted by molar-refractivity contribution is 5.93. The molecule has 1 aliphatic rings. The Kier molecular flexibility index (Phi) is 4.97. The standard InChI is InChI=1S/C18H24N4O2/c1-13-12-24-10-9-21(13)11-17(23)19-18-14(2)20-22(15(18)3)16-7-5-4-6-8-16/h4-8,13H,9-12H2,1-3H3,(H,19,23)/t13-/m1/s1. The van der Waals surface area contributed by atoms with E-state index in [0.29, 0.717) is 19.8 Å². The van der Waals surface area contributed by atoms with Gasteiger partial charge in [-0.2, -0.15) is 5.10 Å². The summed E-state index contributed by atoms with van der Waals surface area (Å²) in [5, 5.41) is 7.60. The molecule has 0 saturated carbocycles. The smallest absolute Gasteiger partial charge is 0.238 e. The number of nitrogens with one attached hydrogen (secondary N) is 1. The predicted octanol–water partition coefficient (Wildman–Crippen LogP) is 2.15. The minimum Gasteiger partial charge on any atom is -0.379 e. The number of carbonyl (C=O) groups is 1. The number of carbonyl (C=O) groups excluding carboxylic acids is 1. The van der Waals surface area contributed by atoms with Gasteiger partial charge in [-0.25, -0.2) is 4.68 Å². The Morgan fingerprint density at radius 3 is 2.79 bits per heavy atom. The van der Waals surface area contributed by atoms with E-state index in [1.807, 2.05) is 48.9 Å². The molecule has 1 amide bonds. The van der Waals surface area contributed by atoms with Crippen molar-refractivity contribution in [1.29, 1.82) is 0 Å². The minimum atomic E-state index is -0.0115. The van der Waals surface area contributed by atoms with Gasteiger partial charge in [-0.1, -0.05) is 18.2 Å². The number of aryl methyl sites for hydroxylation is 1. The number of aromatic nitrogens is 2. The van der Waals surface area contributed by atoms with Crippen LogP contribution in [0.3, 0.4) is 0 Å². The molecule has 1 aromatic heterocycles. The highest BCUT2D eigenvalue weighted by Gasteiger charge is 2.22. The number of hydrogen-bond donors (Lipinski definition) is 1. The van der Waals surface area contributed by atoms with Crippen LogP contribution in [0.4, 0.5) is 5.69 Å². The molecule has 1 fully saturated rings. The first-order valence-electron chi connectivity index (χ1n) is 8.29. The maximum atomic E-state index is 12.4. The molecule has 6 heteroatoms. The summed E-state index contributed by atoms with van der Waals surface area (Å²) in [5.74, 6) is -0.0115. The lowest BCUT2D eigenvalue weighted by Crippen LogP contribution is -2.47. The van der Waals surface area contributed by atoms with E-state index in [9.17, 15) is 4.79 Å². The van der Waals surface area contributed by atoms with E-state index in [4.69, 9.17) is 4.74 Å². The molecule has 0 unspecified atom stereocenters. The Morgan fingerprint density at radius 2 is 2.08 bits per heavy atom. The lowest BCUT2D eigenvalue weighted by atomic mass is 10.2. The van der Waals surface area contributed by atoms with E-state index in [1.54, 1.807) is 0 Å². The first-order chi connectivity index (χ1) is 11.6. The number of benzene rings is 1. The van der Waals surface area contributed by atoms with Gasteiger partial charge in [0, 0.05) is 12.6 Å². The molecule has 0 spiro atoms. The van der Waals surface area contributed by atoms with Gasteiger partial charge in [0.25, 0.3) is 0 Å². The van der Waals surface area contributed by atoms with E-state index in [0.717, 1.165) is 29.3 Å². The minimum absolute atomic E-state index is 0.0115. The van der Waals surface area contributed by atoms with Crippen molar-refractivity contribution in [3.8, 4) is 5.69 Å². The van der Waals surface area contributed by atoms with Crippen molar-refractivity contribution in [2.75, 3.05) is 31.6 Å². The van der Waals surface area contributed by atoms with Crippen LogP contribution in [0.5, 0.6) is 0 Å². The summed E-state index contributed by atoms with van der Waals surface area (Å²) >= 11 is 0. The number of para-hydroxylation sites is 1. The molecule has 0 aliphatic carbocycles. The maximum Gasteiger partial charge on any atom is 0.238 e.